The molecular formula is C16H20FN3O. The second-order valence-electron chi connectivity index (χ2n) is 5.02. The first-order valence-corrected chi connectivity index (χ1v) is 6.90. The van der Waals surface area contributed by atoms with Crippen molar-refractivity contribution in [3.63, 3.8) is 0 Å². The van der Waals surface area contributed by atoms with E-state index in [9.17, 15) is 4.39 Å². The molecule has 2 aromatic rings. The maximum atomic E-state index is 13.5. The third kappa shape index (κ3) is 3.55. The molecule has 1 heterocycles. The average Bonchev–Trinajstić information content (AvgIpc) is 2.47. The van der Waals surface area contributed by atoms with Gasteiger partial charge in [-0.3, -0.25) is 9.97 Å². The van der Waals surface area contributed by atoms with E-state index in [1.807, 2.05) is 20.8 Å². The quantitative estimate of drug-likeness (QED) is 0.917. The van der Waals surface area contributed by atoms with Gasteiger partial charge in [-0.05, 0) is 39.0 Å². The summed E-state index contributed by atoms with van der Waals surface area (Å²) in [6.45, 7) is 5.91. The number of nitrogens with zero attached hydrogens (tertiary/aromatic N) is 2. The molecule has 112 valence electrons. The summed E-state index contributed by atoms with van der Waals surface area (Å²) in [6, 6.07) is 4.45. The van der Waals surface area contributed by atoms with Crippen molar-refractivity contribution in [2.45, 2.75) is 32.9 Å². The Labute approximate surface area is 124 Å². The maximum absolute atomic E-state index is 13.5. The summed E-state index contributed by atoms with van der Waals surface area (Å²) in [5.41, 5.74) is 2.56. The van der Waals surface area contributed by atoms with Crippen LogP contribution in [-0.4, -0.2) is 17.1 Å². The summed E-state index contributed by atoms with van der Waals surface area (Å²) in [5, 5.41) is 3.41. The predicted octanol–water partition coefficient (Wildman–Crippen LogP) is 3.34. The Morgan fingerprint density at radius 2 is 1.86 bits per heavy atom. The van der Waals surface area contributed by atoms with E-state index in [0.717, 1.165) is 17.0 Å². The SMILES string of the molecule is COc1ccc(F)cc1C(C)NC(C)c1nccnc1C. The lowest BCUT2D eigenvalue weighted by Gasteiger charge is -2.22. The van der Waals surface area contributed by atoms with Gasteiger partial charge in [0.2, 0.25) is 0 Å². The average molecular weight is 289 g/mol. The van der Waals surface area contributed by atoms with Crippen LogP contribution in [0.5, 0.6) is 5.75 Å². The van der Waals surface area contributed by atoms with Crippen LogP contribution in [0.1, 0.15) is 42.9 Å². The van der Waals surface area contributed by atoms with E-state index in [2.05, 4.69) is 15.3 Å². The molecule has 0 aliphatic carbocycles. The molecule has 5 heteroatoms. The molecule has 21 heavy (non-hydrogen) atoms. The van der Waals surface area contributed by atoms with Crippen LogP contribution in [0.15, 0.2) is 30.6 Å². The Morgan fingerprint density at radius 3 is 2.52 bits per heavy atom. The van der Waals surface area contributed by atoms with Gasteiger partial charge >= 0.3 is 0 Å². The standard InChI is InChI=1S/C16H20FN3O/c1-10(14-9-13(17)5-6-15(14)21-4)20-12(3)16-11(2)18-7-8-19-16/h5-10,12,20H,1-4H3. The summed E-state index contributed by atoms with van der Waals surface area (Å²) in [7, 11) is 1.58. The predicted molar refractivity (Wildman–Crippen MR) is 79.7 cm³/mol. The minimum atomic E-state index is -0.275. The molecular weight excluding hydrogens is 269 g/mol. The fourth-order valence-electron chi connectivity index (χ4n) is 2.43. The lowest BCUT2D eigenvalue weighted by molar-refractivity contribution is 0.393. The maximum Gasteiger partial charge on any atom is 0.123 e. The van der Waals surface area contributed by atoms with Crippen LogP contribution in [-0.2, 0) is 0 Å². The highest BCUT2D eigenvalue weighted by atomic mass is 19.1. The molecule has 1 N–H and O–H groups in total. The molecule has 0 saturated heterocycles. The molecule has 2 unspecified atom stereocenters. The zero-order chi connectivity index (χ0) is 15.4. The monoisotopic (exact) mass is 289 g/mol. The molecule has 1 aromatic heterocycles. The fourth-order valence-corrected chi connectivity index (χ4v) is 2.43. The first kappa shape index (κ1) is 15.4. The Hall–Kier alpha value is -2.01. The van der Waals surface area contributed by atoms with E-state index in [-0.39, 0.29) is 17.9 Å². The highest BCUT2D eigenvalue weighted by Gasteiger charge is 2.17. The molecule has 0 bridgehead atoms. The summed E-state index contributed by atoms with van der Waals surface area (Å²) < 4.78 is 18.8. The Bertz CT molecular complexity index is 618. The number of methoxy groups -OCH3 is 1. The first-order chi connectivity index (χ1) is 10.0. The van der Waals surface area contributed by atoms with E-state index in [4.69, 9.17) is 4.74 Å². The summed E-state index contributed by atoms with van der Waals surface area (Å²) in [4.78, 5) is 8.60. The van der Waals surface area contributed by atoms with Crippen molar-refractivity contribution in [2.24, 2.45) is 0 Å². The van der Waals surface area contributed by atoms with E-state index >= 15 is 0 Å². The first-order valence-electron chi connectivity index (χ1n) is 6.90. The molecule has 1 aromatic carbocycles. The molecule has 0 radical (unpaired) electrons. The summed E-state index contributed by atoms with van der Waals surface area (Å²) >= 11 is 0. The van der Waals surface area contributed by atoms with Gasteiger partial charge in [-0.25, -0.2) is 4.39 Å². The number of halogens is 1. The van der Waals surface area contributed by atoms with Crippen molar-refractivity contribution in [3.8, 4) is 5.75 Å². The summed E-state index contributed by atoms with van der Waals surface area (Å²) in [6.07, 6.45) is 3.35. The molecule has 0 fully saturated rings. The van der Waals surface area contributed by atoms with Gasteiger partial charge in [0, 0.05) is 30.0 Å². The van der Waals surface area contributed by atoms with Crippen LogP contribution < -0.4 is 10.1 Å². The highest BCUT2D eigenvalue weighted by Crippen LogP contribution is 2.27. The Kier molecular flexibility index (Phi) is 4.85. The molecule has 4 nitrogen and oxygen atoms in total. The van der Waals surface area contributed by atoms with Crippen molar-refractivity contribution < 1.29 is 9.13 Å². The van der Waals surface area contributed by atoms with E-state index in [1.165, 1.54) is 12.1 Å². The Balaban J connectivity index is 2.20. The van der Waals surface area contributed by atoms with Crippen LogP contribution >= 0.6 is 0 Å². The third-order valence-corrected chi connectivity index (χ3v) is 3.49. The third-order valence-electron chi connectivity index (χ3n) is 3.49. The van der Waals surface area contributed by atoms with Crippen molar-refractivity contribution >= 4 is 0 Å². The van der Waals surface area contributed by atoms with E-state index < -0.39 is 0 Å². The van der Waals surface area contributed by atoms with Gasteiger partial charge in [0.1, 0.15) is 11.6 Å². The number of ether oxygens (including phenoxy) is 1. The number of benzene rings is 1. The van der Waals surface area contributed by atoms with Crippen molar-refractivity contribution in [3.05, 3.63) is 53.4 Å². The number of rotatable bonds is 5. The van der Waals surface area contributed by atoms with Crippen molar-refractivity contribution in [1.29, 1.82) is 0 Å². The number of aryl methyl sites for hydroxylation is 1. The number of aromatic nitrogens is 2. The highest BCUT2D eigenvalue weighted by molar-refractivity contribution is 5.36. The topological polar surface area (TPSA) is 47.0 Å². The van der Waals surface area contributed by atoms with Gasteiger partial charge in [0.05, 0.1) is 18.5 Å². The zero-order valence-corrected chi connectivity index (χ0v) is 12.7. The molecule has 2 rings (SSSR count). The minimum absolute atomic E-state index is 0.00155. The molecule has 0 aliphatic heterocycles. The minimum Gasteiger partial charge on any atom is -0.496 e. The van der Waals surface area contributed by atoms with Gasteiger partial charge in [-0.2, -0.15) is 0 Å². The lowest BCUT2D eigenvalue weighted by atomic mass is 10.0. The van der Waals surface area contributed by atoms with Gasteiger partial charge in [0.25, 0.3) is 0 Å². The largest absolute Gasteiger partial charge is 0.496 e. The van der Waals surface area contributed by atoms with Gasteiger partial charge < -0.3 is 10.1 Å². The zero-order valence-electron chi connectivity index (χ0n) is 12.7. The second kappa shape index (κ2) is 6.63. The molecule has 0 saturated carbocycles. The van der Waals surface area contributed by atoms with Crippen LogP contribution in [0.4, 0.5) is 4.39 Å². The second-order valence-corrected chi connectivity index (χ2v) is 5.02. The van der Waals surface area contributed by atoms with Gasteiger partial charge in [-0.15, -0.1) is 0 Å². The summed E-state index contributed by atoms with van der Waals surface area (Å²) in [5.74, 6) is 0.391. The molecule has 0 aliphatic rings. The van der Waals surface area contributed by atoms with Gasteiger partial charge in [0.15, 0.2) is 0 Å². The smallest absolute Gasteiger partial charge is 0.123 e. The number of nitrogens with one attached hydrogen (secondary N) is 1. The van der Waals surface area contributed by atoms with Crippen LogP contribution in [0, 0.1) is 12.7 Å². The van der Waals surface area contributed by atoms with Gasteiger partial charge in [-0.1, -0.05) is 0 Å². The van der Waals surface area contributed by atoms with Crippen LogP contribution in [0.25, 0.3) is 0 Å². The molecule has 2 atom stereocenters. The Morgan fingerprint density at radius 1 is 1.14 bits per heavy atom. The van der Waals surface area contributed by atoms with Crippen molar-refractivity contribution in [2.75, 3.05) is 7.11 Å². The van der Waals surface area contributed by atoms with Crippen molar-refractivity contribution in [1.82, 2.24) is 15.3 Å². The lowest BCUT2D eigenvalue weighted by Crippen LogP contribution is -2.24. The number of hydrogen-bond acceptors (Lipinski definition) is 4. The molecule has 0 spiro atoms. The van der Waals surface area contributed by atoms with E-state index in [1.54, 1.807) is 25.6 Å². The van der Waals surface area contributed by atoms with Crippen LogP contribution in [0.3, 0.4) is 0 Å². The normalized spacial score (nSPS) is 13.8. The number of hydrogen-bond donors (Lipinski definition) is 1. The molecule has 0 amide bonds. The fraction of sp³-hybridized carbons (Fsp3) is 0.375. The van der Waals surface area contributed by atoms with E-state index in [0.29, 0.717) is 5.75 Å². The van der Waals surface area contributed by atoms with Crippen LogP contribution in [0.2, 0.25) is 0 Å².